The van der Waals surface area contributed by atoms with Crippen molar-refractivity contribution in [1.82, 2.24) is 5.32 Å². The molecule has 0 saturated heterocycles. The number of rotatable bonds is 4. The van der Waals surface area contributed by atoms with E-state index in [9.17, 15) is 9.18 Å². The molecule has 1 amide bonds. The SMILES string of the molecule is NC(=[Se])NC(=O)CCCF. The Hall–Kier alpha value is -0.411. The Balaban J connectivity index is 3.35. The van der Waals surface area contributed by atoms with Crippen LogP contribution in [0.4, 0.5) is 4.39 Å². The maximum atomic E-state index is 11.5. The Labute approximate surface area is 66.5 Å². The standard InChI is InChI=1S/C5H9FN2OSe/c6-3-1-2-4(9)8-5(7)10/h1-3H2,(H3,7,8,9,10). The van der Waals surface area contributed by atoms with Gasteiger partial charge in [-0.2, -0.15) is 0 Å². The summed E-state index contributed by atoms with van der Waals surface area (Å²) in [6.07, 6.45) is 0.429. The molecular formula is C5H9FN2OSe. The zero-order valence-electron chi connectivity index (χ0n) is 5.39. The molecule has 0 radical (unpaired) electrons. The molecule has 3 nitrogen and oxygen atoms in total. The quantitative estimate of drug-likeness (QED) is 0.590. The average molecular weight is 211 g/mol. The molecule has 0 aliphatic heterocycles. The van der Waals surface area contributed by atoms with Gasteiger partial charge in [-0.15, -0.1) is 0 Å². The summed E-state index contributed by atoms with van der Waals surface area (Å²) in [6, 6.07) is 0. The Morgan fingerprint density at radius 1 is 1.70 bits per heavy atom. The molecule has 0 aromatic rings. The Bertz CT molecular complexity index is 140. The van der Waals surface area contributed by atoms with E-state index >= 15 is 0 Å². The third kappa shape index (κ3) is 5.72. The third-order valence-corrected chi connectivity index (χ3v) is 1.01. The number of hydrogen-bond acceptors (Lipinski definition) is 2. The van der Waals surface area contributed by atoms with Crippen LogP contribution >= 0.6 is 0 Å². The number of nitrogens with two attached hydrogens (primary N) is 1. The summed E-state index contributed by atoms with van der Waals surface area (Å²) in [5, 5.41) is 2.31. The Morgan fingerprint density at radius 2 is 2.30 bits per heavy atom. The molecule has 3 N–H and O–H groups in total. The first-order chi connectivity index (χ1) is 4.66. The normalized spacial score (nSPS) is 8.90. The second kappa shape index (κ2) is 5.38. The summed E-state index contributed by atoms with van der Waals surface area (Å²) in [5.74, 6) is -0.256. The van der Waals surface area contributed by atoms with Gasteiger partial charge in [0.2, 0.25) is 0 Å². The van der Waals surface area contributed by atoms with Crippen LogP contribution in [0.15, 0.2) is 0 Å². The summed E-state index contributed by atoms with van der Waals surface area (Å²) in [7, 11) is 0. The number of hydrogen-bond donors (Lipinski definition) is 2. The van der Waals surface area contributed by atoms with Crippen molar-refractivity contribution in [2.45, 2.75) is 12.8 Å². The first-order valence-electron chi connectivity index (χ1n) is 2.82. The molecule has 0 atom stereocenters. The van der Waals surface area contributed by atoms with Crippen LogP contribution in [-0.4, -0.2) is 32.8 Å². The van der Waals surface area contributed by atoms with Crippen LogP contribution in [0.2, 0.25) is 0 Å². The van der Waals surface area contributed by atoms with Gasteiger partial charge in [-0.05, 0) is 0 Å². The van der Waals surface area contributed by atoms with Gasteiger partial charge in [0, 0.05) is 0 Å². The molecule has 0 aromatic carbocycles. The summed E-state index contributed by atoms with van der Waals surface area (Å²) < 4.78 is 11.7. The molecule has 0 saturated carbocycles. The molecule has 0 fully saturated rings. The van der Waals surface area contributed by atoms with E-state index in [1.807, 2.05) is 0 Å². The molecule has 0 heterocycles. The molecule has 10 heavy (non-hydrogen) atoms. The fourth-order valence-corrected chi connectivity index (χ4v) is 0.666. The number of nitrogens with one attached hydrogen (secondary N) is 1. The first kappa shape index (κ1) is 9.59. The zero-order chi connectivity index (χ0) is 7.98. The molecule has 0 unspecified atom stereocenters. The van der Waals surface area contributed by atoms with Gasteiger partial charge in [-0.25, -0.2) is 0 Å². The van der Waals surface area contributed by atoms with E-state index in [2.05, 4.69) is 20.9 Å². The summed E-state index contributed by atoms with van der Waals surface area (Å²) in [5.41, 5.74) is 5.10. The zero-order valence-corrected chi connectivity index (χ0v) is 7.11. The monoisotopic (exact) mass is 212 g/mol. The molecule has 0 aliphatic carbocycles. The minimum atomic E-state index is -0.471. The molecule has 0 bridgehead atoms. The number of alkyl halides is 1. The van der Waals surface area contributed by atoms with E-state index in [0.29, 0.717) is 0 Å². The number of halogens is 1. The van der Waals surface area contributed by atoms with Crippen LogP contribution in [0.25, 0.3) is 0 Å². The van der Waals surface area contributed by atoms with Crippen molar-refractivity contribution >= 4 is 26.1 Å². The van der Waals surface area contributed by atoms with Crippen LogP contribution in [0.1, 0.15) is 12.8 Å². The fraction of sp³-hybridized carbons (Fsp3) is 0.600. The molecule has 0 rings (SSSR count). The van der Waals surface area contributed by atoms with Gasteiger partial charge in [0.15, 0.2) is 0 Å². The van der Waals surface area contributed by atoms with Gasteiger partial charge < -0.3 is 0 Å². The van der Waals surface area contributed by atoms with Crippen molar-refractivity contribution in [2.24, 2.45) is 5.73 Å². The molecule has 0 aliphatic rings. The van der Waals surface area contributed by atoms with Crippen molar-refractivity contribution in [3.05, 3.63) is 0 Å². The predicted molar refractivity (Wildman–Crippen MR) is 38.3 cm³/mol. The van der Waals surface area contributed by atoms with Gasteiger partial charge in [-0.1, -0.05) is 0 Å². The minimum absolute atomic E-state index is 0.179. The van der Waals surface area contributed by atoms with Crippen LogP contribution in [-0.2, 0) is 4.79 Å². The summed E-state index contributed by atoms with van der Waals surface area (Å²) >= 11 is 2.42. The topological polar surface area (TPSA) is 55.1 Å². The molecular weight excluding hydrogens is 202 g/mol. The number of carbonyl (C=O) groups is 1. The second-order valence-corrected chi connectivity index (χ2v) is 2.63. The Morgan fingerprint density at radius 3 is 2.70 bits per heavy atom. The summed E-state index contributed by atoms with van der Waals surface area (Å²) in [4.78, 5) is 10.6. The van der Waals surface area contributed by atoms with Gasteiger partial charge in [0.25, 0.3) is 0 Å². The molecule has 0 aromatic heterocycles. The van der Waals surface area contributed by atoms with Crippen LogP contribution in [0.5, 0.6) is 0 Å². The van der Waals surface area contributed by atoms with E-state index in [-0.39, 0.29) is 23.4 Å². The van der Waals surface area contributed by atoms with Crippen molar-refractivity contribution in [3.8, 4) is 0 Å². The van der Waals surface area contributed by atoms with Gasteiger partial charge in [-0.3, -0.25) is 0 Å². The van der Waals surface area contributed by atoms with E-state index in [1.165, 1.54) is 0 Å². The number of amides is 1. The van der Waals surface area contributed by atoms with Gasteiger partial charge in [0.1, 0.15) is 0 Å². The van der Waals surface area contributed by atoms with Crippen LogP contribution in [0.3, 0.4) is 0 Å². The van der Waals surface area contributed by atoms with E-state index in [0.717, 1.165) is 0 Å². The average Bonchev–Trinajstić information content (AvgIpc) is 1.82. The molecule has 5 heteroatoms. The van der Waals surface area contributed by atoms with Crippen molar-refractivity contribution in [3.63, 3.8) is 0 Å². The molecule has 58 valence electrons. The number of carbonyl (C=O) groups excluding carboxylic acids is 1. The summed E-state index contributed by atoms with van der Waals surface area (Å²) in [6.45, 7) is -0.471. The van der Waals surface area contributed by atoms with Crippen molar-refractivity contribution in [1.29, 1.82) is 0 Å². The predicted octanol–water partition coefficient (Wildman–Crippen LogP) is -0.933. The Kier molecular flexibility index (Phi) is 5.16. The molecule has 0 spiro atoms. The maximum absolute atomic E-state index is 11.5. The van der Waals surface area contributed by atoms with Crippen molar-refractivity contribution in [2.75, 3.05) is 6.67 Å². The van der Waals surface area contributed by atoms with Gasteiger partial charge in [0.05, 0.1) is 0 Å². The van der Waals surface area contributed by atoms with Gasteiger partial charge >= 0.3 is 65.9 Å². The third-order valence-electron chi connectivity index (χ3n) is 0.800. The first-order valence-corrected chi connectivity index (χ1v) is 3.67. The van der Waals surface area contributed by atoms with E-state index in [4.69, 9.17) is 5.73 Å². The van der Waals surface area contributed by atoms with Crippen LogP contribution < -0.4 is 11.1 Å². The van der Waals surface area contributed by atoms with Crippen LogP contribution in [0, 0.1) is 0 Å². The van der Waals surface area contributed by atoms with E-state index in [1.54, 1.807) is 0 Å². The van der Waals surface area contributed by atoms with E-state index < -0.39 is 6.67 Å². The second-order valence-electron chi connectivity index (χ2n) is 1.70. The fourth-order valence-electron chi connectivity index (χ4n) is 0.427. The van der Waals surface area contributed by atoms with Crippen molar-refractivity contribution < 1.29 is 9.18 Å².